The van der Waals surface area contributed by atoms with Gasteiger partial charge in [-0.3, -0.25) is 0 Å². The monoisotopic (exact) mass is 683 g/mol. The van der Waals surface area contributed by atoms with Crippen molar-refractivity contribution in [1.29, 1.82) is 0 Å². The van der Waals surface area contributed by atoms with Gasteiger partial charge < -0.3 is 28.2 Å². The van der Waals surface area contributed by atoms with Crippen LogP contribution in [0.5, 0.6) is 28.7 Å². The quantitative estimate of drug-likeness (QED) is 0.211. The lowest BCUT2D eigenvalue weighted by Crippen LogP contribution is -2.96. The Hall–Kier alpha value is -4.42. The number of amidine groups is 1. The predicted octanol–water partition coefficient (Wildman–Crippen LogP) is 4.16. The van der Waals surface area contributed by atoms with E-state index in [1.807, 2.05) is 6.07 Å². The molecular formula is C27H24ClF2N5O8S2. The Labute approximate surface area is 264 Å². The van der Waals surface area contributed by atoms with Crippen molar-refractivity contribution >= 4 is 49.7 Å². The SMILES string of the molecule is COc1cc(N2N=C(c3ccc4c(c3)OCO4)[NH2+]N2c2nc(C(F)F)c(Cl)s2)cc(OC)c1OC.O=S(=O)([O-])c1ccccc1. The second-order valence-corrected chi connectivity index (χ2v) is 11.9. The molecule has 3 aromatic carbocycles. The Balaban J connectivity index is 0.000000342. The molecule has 6 rings (SSSR count). The third-order valence-corrected chi connectivity index (χ3v) is 8.36. The van der Waals surface area contributed by atoms with Crippen LogP contribution >= 0.6 is 22.9 Å². The largest absolute Gasteiger partial charge is 0.744 e. The van der Waals surface area contributed by atoms with Gasteiger partial charge in [-0.2, -0.15) is 5.43 Å². The van der Waals surface area contributed by atoms with Gasteiger partial charge in [-0.15, -0.1) is 5.12 Å². The highest BCUT2D eigenvalue weighted by molar-refractivity contribution is 7.85. The first-order valence-corrected chi connectivity index (χ1v) is 15.3. The van der Waals surface area contributed by atoms with Crippen LogP contribution < -0.4 is 39.3 Å². The number of halogens is 3. The zero-order valence-electron chi connectivity index (χ0n) is 23.6. The summed E-state index contributed by atoms with van der Waals surface area (Å²) in [6.45, 7) is 0.132. The summed E-state index contributed by atoms with van der Waals surface area (Å²) >= 11 is 6.96. The summed E-state index contributed by atoms with van der Waals surface area (Å²) in [6.07, 6.45) is -2.82. The molecule has 4 aromatic rings. The topological polar surface area (TPSA) is 152 Å². The molecule has 0 saturated carbocycles. The summed E-state index contributed by atoms with van der Waals surface area (Å²) in [5, 5.41) is 7.90. The fourth-order valence-electron chi connectivity index (χ4n) is 4.16. The second-order valence-electron chi connectivity index (χ2n) is 8.92. The van der Waals surface area contributed by atoms with Crippen LogP contribution in [-0.4, -0.2) is 51.9 Å². The van der Waals surface area contributed by atoms with Gasteiger partial charge in [-0.05, 0) is 30.3 Å². The lowest BCUT2D eigenvalue weighted by molar-refractivity contribution is -0.545. The fraction of sp³-hybridized carbons (Fsp3) is 0.185. The summed E-state index contributed by atoms with van der Waals surface area (Å²) in [5.74, 6) is 2.89. The highest BCUT2D eigenvalue weighted by Gasteiger charge is 2.36. The van der Waals surface area contributed by atoms with Crippen molar-refractivity contribution in [2.45, 2.75) is 11.3 Å². The number of quaternary nitrogens is 1. The number of thiazole rings is 1. The van der Waals surface area contributed by atoms with E-state index in [2.05, 4.69) is 4.98 Å². The van der Waals surface area contributed by atoms with E-state index in [0.717, 1.165) is 11.3 Å². The van der Waals surface area contributed by atoms with Crippen LogP contribution in [0.3, 0.4) is 0 Å². The molecule has 13 nitrogen and oxygen atoms in total. The van der Waals surface area contributed by atoms with Gasteiger partial charge in [0, 0.05) is 12.1 Å². The molecule has 1 aromatic heterocycles. The highest BCUT2D eigenvalue weighted by atomic mass is 35.5. The minimum atomic E-state index is -4.25. The number of anilines is 2. The van der Waals surface area contributed by atoms with Gasteiger partial charge in [-0.25, -0.2) is 22.2 Å². The molecule has 0 spiro atoms. The number of nitrogens with two attached hydrogens (primary N) is 1. The van der Waals surface area contributed by atoms with Crippen LogP contribution in [-0.2, 0) is 10.1 Å². The van der Waals surface area contributed by atoms with Crippen LogP contribution in [0.2, 0.25) is 4.34 Å². The minimum Gasteiger partial charge on any atom is -0.744 e. The molecular weight excluding hydrogens is 660 g/mol. The third kappa shape index (κ3) is 6.81. The number of hydrazine groups is 1. The first-order valence-electron chi connectivity index (χ1n) is 12.7. The molecule has 0 unspecified atom stereocenters. The maximum Gasteiger partial charge on any atom is 0.282 e. The number of hydrazone groups is 1. The van der Waals surface area contributed by atoms with Crippen molar-refractivity contribution in [3.8, 4) is 28.7 Å². The number of rotatable bonds is 8. The molecule has 2 N–H and O–H groups in total. The summed E-state index contributed by atoms with van der Waals surface area (Å²) in [5.41, 5.74) is 2.37. The normalized spacial score (nSPS) is 13.8. The van der Waals surface area contributed by atoms with Gasteiger partial charge in [0.15, 0.2) is 23.0 Å². The van der Waals surface area contributed by atoms with Gasteiger partial charge >= 0.3 is 0 Å². The molecule has 0 saturated heterocycles. The number of nitrogens with zero attached hydrogens (tertiary/aromatic N) is 4. The number of benzene rings is 3. The van der Waals surface area contributed by atoms with E-state index in [-0.39, 0.29) is 21.2 Å². The van der Waals surface area contributed by atoms with Crippen molar-refractivity contribution in [2.75, 3.05) is 38.4 Å². The molecule has 0 fully saturated rings. The average molecular weight is 684 g/mol. The van der Waals surface area contributed by atoms with Crippen molar-refractivity contribution in [3.05, 3.63) is 76.3 Å². The molecule has 0 bridgehead atoms. The molecule has 2 aliphatic heterocycles. The number of fused-ring (bicyclic) bond motifs is 1. The van der Waals surface area contributed by atoms with E-state index >= 15 is 0 Å². The number of methoxy groups -OCH3 is 3. The van der Waals surface area contributed by atoms with Crippen LogP contribution in [0.1, 0.15) is 17.7 Å². The zero-order chi connectivity index (χ0) is 32.3. The zero-order valence-corrected chi connectivity index (χ0v) is 26.0. The number of hydrogen-bond donors (Lipinski definition) is 1. The van der Waals surface area contributed by atoms with Crippen LogP contribution in [0.4, 0.5) is 19.6 Å². The predicted molar refractivity (Wildman–Crippen MR) is 159 cm³/mol. The van der Waals surface area contributed by atoms with Crippen molar-refractivity contribution in [1.82, 2.24) is 4.98 Å². The lowest BCUT2D eigenvalue weighted by Gasteiger charge is -2.23. The Morgan fingerprint density at radius 2 is 1.67 bits per heavy atom. The van der Waals surface area contributed by atoms with Crippen molar-refractivity contribution < 1.29 is 50.9 Å². The van der Waals surface area contributed by atoms with Gasteiger partial charge in [0.25, 0.3) is 17.4 Å². The van der Waals surface area contributed by atoms with Crippen LogP contribution in [0.15, 0.2) is 70.7 Å². The Bertz CT molecular complexity index is 1800. The van der Waals surface area contributed by atoms with E-state index in [0.29, 0.717) is 45.8 Å². The number of ether oxygens (including phenoxy) is 5. The maximum absolute atomic E-state index is 13.4. The minimum absolute atomic E-state index is 0.107. The van der Waals surface area contributed by atoms with Crippen LogP contribution in [0, 0.1) is 0 Å². The Kier molecular flexibility index (Phi) is 9.45. The van der Waals surface area contributed by atoms with Crippen LogP contribution in [0.25, 0.3) is 0 Å². The van der Waals surface area contributed by atoms with E-state index < -0.39 is 22.2 Å². The molecule has 2 aliphatic rings. The lowest BCUT2D eigenvalue weighted by atomic mass is 10.2. The molecule has 0 atom stereocenters. The van der Waals surface area contributed by atoms with Crippen molar-refractivity contribution in [2.24, 2.45) is 5.10 Å². The molecule has 0 radical (unpaired) electrons. The number of aromatic nitrogens is 1. The van der Waals surface area contributed by atoms with Gasteiger partial charge in [-0.1, -0.05) is 51.4 Å². The molecule has 238 valence electrons. The van der Waals surface area contributed by atoms with Gasteiger partial charge in [0.05, 0.1) is 37.5 Å². The van der Waals surface area contributed by atoms with E-state index in [1.54, 1.807) is 35.8 Å². The van der Waals surface area contributed by atoms with Gasteiger partial charge in [0.1, 0.15) is 20.1 Å². The fourth-order valence-corrected chi connectivity index (χ4v) is 5.75. The molecule has 18 heteroatoms. The van der Waals surface area contributed by atoms with E-state index in [1.165, 1.54) is 55.8 Å². The molecule has 0 aliphatic carbocycles. The Morgan fingerprint density at radius 1 is 1.00 bits per heavy atom. The molecule has 3 heterocycles. The highest BCUT2D eigenvalue weighted by Crippen LogP contribution is 2.43. The van der Waals surface area contributed by atoms with E-state index in [9.17, 15) is 21.8 Å². The number of hydrogen-bond acceptors (Lipinski definition) is 13. The molecule has 45 heavy (non-hydrogen) atoms. The summed E-state index contributed by atoms with van der Waals surface area (Å²) < 4.78 is 84.7. The standard InChI is InChI=1S/C21H18ClF2N5O5S.C6H6O3S/c1-30-14-7-11(8-15(31-2)17(14)32-3)28-26-20(10-4-5-12-13(6-10)34-9-33-12)27-29(28)21-25-16(19(23)24)18(22)35-21;7-10(8,9)6-4-2-1-3-5-6/h4-8,19H,9H2,1-3H3,(H,26,27);1-5H,(H,7,8,9). The van der Waals surface area contributed by atoms with E-state index in [4.69, 9.17) is 40.4 Å². The first kappa shape index (κ1) is 32.0. The average Bonchev–Trinajstić information content (AvgIpc) is 3.78. The summed E-state index contributed by atoms with van der Waals surface area (Å²) in [4.78, 5) is 3.87. The Morgan fingerprint density at radius 3 is 2.22 bits per heavy atom. The molecule has 0 amide bonds. The van der Waals surface area contributed by atoms with Gasteiger partial charge in [0.2, 0.25) is 12.5 Å². The number of alkyl halides is 2. The maximum atomic E-state index is 13.4. The summed E-state index contributed by atoms with van der Waals surface area (Å²) in [7, 11) is 0.226. The smallest absolute Gasteiger partial charge is 0.282 e. The third-order valence-electron chi connectivity index (χ3n) is 6.23. The van der Waals surface area contributed by atoms with Crippen molar-refractivity contribution in [3.63, 3.8) is 0 Å². The first-order chi connectivity index (χ1) is 21.5. The second kappa shape index (κ2) is 13.3. The summed E-state index contributed by atoms with van der Waals surface area (Å²) in [6, 6.07) is 15.9.